The van der Waals surface area contributed by atoms with Crippen LogP contribution in [0.25, 0.3) is 0 Å². The van der Waals surface area contributed by atoms with Crippen molar-refractivity contribution in [2.45, 2.75) is 25.7 Å². The molecule has 0 aliphatic heterocycles. The minimum absolute atomic E-state index is 0.194. The van der Waals surface area contributed by atoms with Crippen molar-refractivity contribution in [3.05, 3.63) is 35.4 Å². The summed E-state index contributed by atoms with van der Waals surface area (Å²) in [6.07, 6.45) is 0.194. The van der Waals surface area contributed by atoms with E-state index in [9.17, 15) is 0 Å². The fourth-order valence-corrected chi connectivity index (χ4v) is 2.65. The van der Waals surface area contributed by atoms with E-state index >= 15 is 0 Å². The first-order chi connectivity index (χ1) is 7.77. The molecule has 1 unspecified atom stereocenters. The predicted octanol–water partition coefficient (Wildman–Crippen LogP) is 2.59. The molecule has 1 aromatic rings. The van der Waals surface area contributed by atoms with Crippen molar-refractivity contribution < 1.29 is 4.74 Å². The molecule has 3 heteroatoms. The second kappa shape index (κ2) is 7.71. The quantitative estimate of drug-likeness (QED) is 0.794. The van der Waals surface area contributed by atoms with E-state index in [0.717, 1.165) is 18.1 Å². The van der Waals surface area contributed by atoms with Crippen LogP contribution in [0.1, 0.15) is 18.1 Å². The molecule has 16 heavy (non-hydrogen) atoms. The molecule has 0 fully saturated rings. The van der Waals surface area contributed by atoms with Crippen molar-refractivity contribution >= 4 is 11.8 Å². The number of aryl methyl sites for hydroxylation is 1. The molecule has 0 spiro atoms. The molecule has 0 bridgehead atoms. The fraction of sp³-hybridized carbons (Fsp3) is 0.538. The van der Waals surface area contributed by atoms with Crippen molar-refractivity contribution in [1.82, 2.24) is 0 Å². The van der Waals surface area contributed by atoms with E-state index in [-0.39, 0.29) is 6.10 Å². The Morgan fingerprint density at radius 1 is 1.38 bits per heavy atom. The molecule has 2 N–H and O–H groups in total. The van der Waals surface area contributed by atoms with Crippen molar-refractivity contribution in [2.75, 3.05) is 18.9 Å². The lowest BCUT2D eigenvalue weighted by atomic mass is 10.1. The molecule has 0 amide bonds. The van der Waals surface area contributed by atoms with Crippen LogP contribution in [0, 0.1) is 6.92 Å². The van der Waals surface area contributed by atoms with Crippen LogP contribution in [0.15, 0.2) is 24.3 Å². The van der Waals surface area contributed by atoms with Gasteiger partial charge in [0.05, 0.1) is 6.10 Å². The first-order valence-electron chi connectivity index (χ1n) is 5.71. The van der Waals surface area contributed by atoms with Gasteiger partial charge in [0, 0.05) is 24.7 Å². The Morgan fingerprint density at radius 2 is 2.12 bits per heavy atom. The maximum Gasteiger partial charge on any atom is 0.0787 e. The molecule has 0 aromatic heterocycles. The number of hydrogen-bond donors (Lipinski definition) is 1. The van der Waals surface area contributed by atoms with E-state index in [1.165, 1.54) is 11.1 Å². The smallest absolute Gasteiger partial charge is 0.0787 e. The van der Waals surface area contributed by atoms with Gasteiger partial charge in [-0.3, -0.25) is 0 Å². The Labute approximate surface area is 103 Å². The van der Waals surface area contributed by atoms with E-state index in [4.69, 9.17) is 10.5 Å². The van der Waals surface area contributed by atoms with Crippen molar-refractivity contribution in [3.63, 3.8) is 0 Å². The molecular weight excluding hydrogens is 218 g/mol. The highest BCUT2D eigenvalue weighted by Crippen LogP contribution is 2.17. The number of ether oxygens (including phenoxy) is 1. The molecule has 1 aromatic carbocycles. The Hall–Kier alpha value is -0.510. The van der Waals surface area contributed by atoms with Crippen molar-refractivity contribution in [2.24, 2.45) is 5.73 Å². The van der Waals surface area contributed by atoms with Crippen LogP contribution in [0.4, 0.5) is 0 Å². The Kier molecular flexibility index (Phi) is 6.53. The third-order valence-corrected chi connectivity index (χ3v) is 3.61. The lowest BCUT2D eigenvalue weighted by molar-refractivity contribution is 0.0858. The van der Waals surface area contributed by atoms with Gasteiger partial charge in [-0.2, -0.15) is 11.8 Å². The molecule has 0 saturated carbocycles. The summed E-state index contributed by atoms with van der Waals surface area (Å²) >= 11 is 1.89. The van der Waals surface area contributed by atoms with Gasteiger partial charge in [-0.25, -0.2) is 0 Å². The first-order valence-corrected chi connectivity index (χ1v) is 6.87. The largest absolute Gasteiger partial charge is 0.376 e. The number of thioether (sulfide) groups is 1. The highest BCUT2D eigenvalue weighted by molar-refractivity contribution is 7.98. The van der Waals surface area contributed by atoms with Gasteiger partial charge in [0.15, 0.2) is 0 Å². The second-order valence-corrected chi connectivity index (χ2v) is 4.78. The normalized spacial score (nSPS) is 12.7. The number of benzene rings is 1. The summed E-state index contributed by atoms with van der Waals surface area (Å²) in [7, 11) is 0. The molecular formula is C13H21NOS. The van der Waals surface area contributed by atoms with Gasteiger partial charge in [0.25, 0.3) is 0 Å². The standard InChI is InChI=1S/C13H21NOS/c1-3-15-13(8-14)10-16-9-12-7-5-4-6-11(12)2/h4-7,13H,3,8-10,14H2,1-2H3. The van der Waals surface area contributed by atoms with Crippen LogP contribution >= 0.6 is 11.8 Å². The average molecular weight is 239 g/mol. The van der Waals surface area contributed by atoms with Crippen LogP contribution in [0.2, 0.25) is 0 Å². The summed E-state index contributed by atoms with van der Waals surface area (Å²) in [6.45, 7) is 5.51. The molecule has 1 atom stereocenters. The minimum atomic E-state index is 0.194. The van der Waals surface area contributed by atoms with Gasteiger partial charge in [-0.1, -0.05) is 24.3 Å². The van der Waals surface area contributed by atoms with Gasteiger partial charge in [0.1, 0.15) is 0 Å². The van der Waals surface area contributed by atoms with Crippen LogP contribution in [0.5, 0.6) is 0 Å². The SMILES string of the molecule is CCOC(CN)CSCc1ccccc1C. The molecule has 0 radical (unpaired) electrons. The van der Waals surface area contributed by atoms with Gasteiger partial charge in [0.2, 0.25) is 0 Å². The fourth-order valence-electron chi connectivity index (χ4n) is 1.49. The number of hydrogen-bond acceptors (Lipinski definition) is 3. The van der Waals surface area contributed by atoms with Gasteiger partial charge >= 0.3 is 0 Å². The topological polar surface area (TPSA) is 35.2 Å². The summed E-state index contributed by atoms with van der Waals surface area (Å²) in [5.74, 6) is 2.01. The zero-order valence-electron chi connectivity index (χ0n) is 10.1. The van der Waals surface area contributed by atoms with Crippen LogP contribution < -0.4 is 5.73 Å². The lowest BCUT2D eigenvalue weighted by Crippen LogP contribution is -2.26. The molecule has 0 heterocycles. The van der Waals surface area contributed by atoms with E-state index in [0.29, 0.717) is 6.54 Å². The van der Waals surface area contributed by atoms with E-state index in [2.05, 4.69) is 31.2 Å². The maximum absolute atomic E-state index is 5.63. The van der Waals surface area contributed by atoms with Gasteiger partial charge in [-0.05, 0) is 25.0 Å². The minimum Gasteiger partial charge on any atom is -0.376 e. The van der Waals surface area contributed by atoms with Crippen molar-refractivity contribution in [1.29, 1.82) is 0 Å². The molecule has 1 rings (SSSR count). The molecule has 2 nitrogen and oxygen atoms in total. The second-order valence-electron chi connectivity index (χ2n) is 3.75. The van der Waals surface area contributed by atoms with E-state index in [1.54, 1.807) is 0 Å². The van der Waals surface area contributed by atoms with E-state index in [1.807, 2.05) is 18.7 Å². The number of nitrogens with two attached hydrogens (primary N) is 1. The monoisotopic (exact) mass is 239 g/mol. The van der Waals surface area contributed by atoms with Crippen LogP contribution in [0.3, 0.4) is 0 Å². The third-order valence-electron chi connectivity index (χ3n) is 2.49. The van der Waals surface area contributed by atoms with E-state index < -0.39 is 0 Å². The molecule has 0 aliphatic carbocycles. The summed E-state index contributed by atoms with van der Waals surface area (Å²) in [4.78, 5) is 0. The Morgan fingerprint density at radius 3 is 2.75 bits per heavy atom. The van der Waals surface area contributed by atoms with Crippen LogP contribution in [-0.4, -0.2) is 25.0 Å². The third kappa shape index (κ3) is 4.56. The average Bonchev–Trinajstić information content (AvgIpc) is 2.30. The van der Waals surface area contributed by atoms with Crippen molar-refractivity contribution in [3.8, 4) is 0 Å². The molecule has 90 valence electrons. The Bertz CT molecular complexity index is 304. The summed E-state index contributed by atoms with van der Waals surface area (Å²) in [5, 5.41) is 0. The summed E-state index contributed by atoms with van der Waals surface area (Å²) < 4.78 is 5.51. The first kappa shape index (κ1) is 13.6. The zero-order valence-corrected chi connectivity index (χ0v) is 10.9. The summed E-state index contributed by atoms with van der Waals surface area (Å²) in [5.41, 5.74) is 8.39. The highest BCUT2D eigenvalue weighted by Gasteiger charge is 2.06. The van der Waals surface area contributed by atoms with Gasteiger partial charge < -0.3 is 10.5 Å². The molecule has 0 aliphatic rings. The maximum atomic E-state index is 5.63. The summed E-state index contributed by atoms with van der Waals surface area (Å²) in [6, 6.07) is 8.50. The zero-order chi connectivity index (χ0) is 11.8. The number of rotatable bonds is 7. The lowest BCUT2D eigenvalue weighted by Gasteiger charge is -2.14. The highest BCUT2D eigenvalue weighted by atomic mass is 32.2. The van der Waals surface area contributed by atoms with Crippen LogP contribution in [-0.2, 0) is 10.5 Å². The van der Waals surface area contributed by atoms with Gasteiger partial charge in [-0.15, -0.1) is 0 Å². The predicted molar refractivity (Wildman–Crippen MR) is 71.8 cm³/mol. The molecule has 0 saturated heterocycles. The Balaban J connectivity index is 2.32.